The molecule has 0 radical (unpaired) electrons. The second kappa shape index (κ2) is 9.57. The summed E-state index contributed by atoms with van der Waals surface area (Å²) < 4.78 is 13.9. The summed E-state index contributed by atoms with van der Waals surface area (Å²) in [6.07, 6.45) is 4.74. The Labute approximate surface area is 202 Å². The first-order valence-corrected chi connectivity index (χ1v) is 11.6. The van der Waals surface area contributed by atoms with Crippen LogP contribution < -0.4 is 4.74 Å². The molecule has 4 aromatic rings. The molecule has 1 aliphatic rings. The Bertz CT molecular complexity index is 1340. The molecule has 0 N–H and O–H groups in total. The number of ether oxygens (including phenoxy) is 2. The standard InChI is InChI=1S/C25H26N6O4/c1-3-35-25(33)23-19-16-29(24(32)20-15-22-26-11-4-12-31(22)27-20)13-10-21(19)30(28-23)14-9-17-5-7-18(34-2)8-6-17/h4-8,11-12,15H,3,9-10,13-14,16H2,1-2H3. The zero-order valence-corrected chi connectivity index (χ0v) is 19.7. The maximum Gasteiger partial charge on any atom is 0.359 e. The van der Waals surface area contributed by atoms with Gasteiger partial charge in [0, 0.05) is 49.2 Å². The Morgan fingerprint density at radius 1 is 1.14 bits per heavy atom. The zero-order valence-electron chi connectivity index (χ0n) is 19.7. The highest BCUT2D eigenvalue weighted by molar-refractivity contribution is 5.94. The van der Waals surface area contributed by atoms with E-state index < -0.39 is 5.97 Å². The topological polar surface area (TPSA) is 104 Å². The average molecular weight is 475 g/mol. The van der Waals surface area contributed by atoms with E-state index in [1.165, 1.54) is 0 Å². The lowest BCUT2D eigenvalue weighted by Gasteiger charge is -2.27. The first-order valence-electron chi connectivity index (χ1n) is 11.6. The number of hydrogen-bond acceptors (Lipinski definition) is 7. The van der Waals surface area contributed by atoms with E-state index in [4.69, 9.17) is 9.47 Å². The molecule has 180 valence electrons. The highest BCUT2D eigenvalue weighted by atomic mass is 16.5. The number of amides is 1. The van der Waals surface area contributed by atoms with Crippen molar-refractivity contribution in [3.8, 4) is 5.75 Å². The molecule has 0 spiro atoms. The van der Waals surface area contributed by atoms with Crippen molar-refractivity contribution in [2.24, 2.45) is 0 Å². The van der Waals surface area contributed by atoms with Crippen LogP contribution in [0.3, 0.4) is 0 Å². The molecule has 10 heteroatoms. The number of benzene rings is 1. The van der Waals surface area contributed by atoms with Crippen molar-refractivity contribution in [1.82, 2.24) is 29.3 Å². The molecule has 4 heterocycles. The maximum absolute atomic E-state index is 13.2. The van der Waals surface area contributed by atoms with Gasteiger partial charge in [-0.2, -0.15) is 10.2 Å². The third-order valence-electron chi connectivity index (χ3n) is 6.12. The summed E-state index contributed by atoms with van der Waals surface area (Å²) in [5, 5.41) is 8.96. The normalized spacial score (nSPS) is 13.0. The Morgan fingerprint density at radius 3 is 2.71 bits per heavy atom. The van der Waals surface area contributed by atoms with E-state index in [0.717, 1.165) is 29.0 Å². The Hall–Kier alpha value is -4.21. The number of rotatable bonds is 7. The summed E-state index contributed by atoms with van der Waals surface area (Å²) in [6, 6.07) is 11.3. The van der Waals surface area contributed by atoms with Gasteiger partial charge in [-0.3, -0.25) is 9.48 Å². The van der Waals surface area contributed by atoms with Crippen LogP contribution in [0.1, 0.15) is 44.7 Å². The van der Waals surface area contributed by atoms with E-state index in [1.807, 2.05) is 28.9 Å². The summed E-state index contributed by atoms with van der Waals surface area (Å²) in [5.41, 5.74) is 4.03. The fourth-order valence-corrected chi connectivity index (χ4v) is 4.34. The minimum Gasteiger partial charge on any atom is -0.497 e. The van der Waals surface area contributed by atoms with Gasteiger partial charge in [0.05, 0.1) is 20.3 Å². The van der Waals surface area contributed by atoms with Gasteiger partial charge >= 0.3 is 5.97 Å². The van der Waals surface area contributed by atoms with Gasteiger partial charge in [0.15, 0.2) is 17.0 Å². The van der Waals surface area contributed by atoms with Crippen LogP contribution in [0.4, 0.5) is 0 Å². The lowest BCUT2D eigenvalue weighted by atomic mass is 10.0. The van der Waals surface area contributed by atoms with Crippen molar-refractivity contribution in [3.05, 3.63) is 77.0 Å². The fraction of sp³-hybridized carbons (Fsp3) is 0.320. The van der Waals surface area contributed by atoms with Crippen LogP contribution in [-0.4, -0.2) is 61.4 Å². The molecule has 1 aromatic carbocycles. The largest absolute Gasteiger partial charge is 0.497 e. The average Bonchev–Trinajstić information content (AvgIpc) is 3.49. The molecule has 3 aromatic heterocycles. The second-order valence-corrected chi connectivity index (χ2v) is 8.24. The molecule has 0 saturated heterocycles. The molecule has 0 saturated carbocycles. The van der Waals surface area contributed by atoms with Crippen molar-refractivity contribution >= 4 is 17.5 Å². The highest BCUT2D eigenvalue weighted by Gasteiger charge is 2.31. The number of esters is 1. The number of aryl methyl sites for hydroxylation is 2. The van der Waals surface area contributed by atoms with Crippen molar-refractivity contribution in [2.45, 2.75) is 32.9 Å². The summed E-state index contributed by atoms with van der Waals surface area (Å²) in [7, 11) is 1.64. The number of nitrogens with zero attached hydrogens (tertiary/aromatic N) is 6. The van der Waals surface area contributed by atoms with Crippen LogP contribution in [0.2, 0.25) is 0 Å². The molecule has 0 aliphatic carbocycles. The molecular formula is C25H26N6O4. The van der Waals surface area contributed by atoms with Crippen molar-refractivity contribution in [3.63, 3.8) is 0 Å². The summed E-state index contributed by atoms with van der Waals surface area (Å²) in [5.74, 6) is 0.126. The predicted molar refractivity (Wildman–Crippen MR) is 126 cm³/mol. The Balaban J connectivity index is 1.39. The van der Waals surface area contributed by atoms with E-state index in [2.05, 4.69) is 15.2 Å². The lowest BCUT2D eigenvalue weighted by Crippen LogP contribution is -2.37. The summed E-state index contributed by atoms with van der Waals surface area (Å²) in [6.45, 7) is 3.40. The van der Waals surface area contributed by atoms with E-state index in [-0.39, 0.29) is 24.8 Å². The van der Waals surface area contributed by atoms with E-state index >= 15 is 0 Å². The first kappa shape index (κ1) is 22.6. The molecule has 0 bridgehead atoms. The van der Waals surface area contributed by atoms with Crippen molar-refractivity contribution in [1.29, 1.82) is 0 Å². The molecule has 0 atom stereocenters. The van der Waals surface area contributed by atoms with Gasteiger partial charge in [-0.25, -0.2) is 14.3 Å². The number of fused-ring (bicyclic) bond motifs is 2. The van der Waals surface area contributed by atoms with Gasteiger partial charge in [0.2, 0.25) is 0 Å². The van der Waals surface area contributed by atoms with Crippen molar-refractivity contribution in [2.75, 3.05) is 20.3 Å². The van der Waals surface area contributed by atoms with Gasteiger partial charge < -0.3 is 14.4 Å². The highest BCUT2D eigenvalue weighted by Crippen LogP contribution is 2.25. The predicted octanol–water partition coefficient (Wildman–Crippen LogP) is 2.55. The minimum atomic E-state index is -0.474. The third-order valence-corrected chi connectivity index (χ3v) is 6.12. The van der Waals surface area contributed by atoms with Gasteiger partial charge in [0.25, 0.3) is 5.91 Å². The van der Waals surface area contributed by atoms with Gasteiger partial charge in [-0.15, -0.1) is 0 Å². The minimum absolute atomic E-state index is 0.207. The van der Waals surface area contributed by atoms with Gasteiger partial charge in [-0.05, 0) is 37.1 Å². The van der Waals surface area contributed by atoms with Gasteiger partial charge in [0.1, 0.15) is 5.75 Å². The van der Waals surface area contributed by atoms with Crippen LogP contribution >= 0.6 is 0 Å². The molecule has 1 aliphatic heterocycles. The molecule has 10 nitrogen and oxygen atoms in total. The lowest BCUT2D eigenvalue weighted by molar-refractivity contribution is 0.0513. The summed E-state index contributed by atoms with van der Waals surface area (Å²) in [4.78, 5) is 31.9. The second-order valence-electron chi connectivity index (χ2n) is 8.24. The number of aromatic nitrogens is 5. The van der Waals surface area contributed by atoms with Crippen LogP contribution in [0.25, 0.3) is 5.65 Å². The molecular weight excluding hydrogens is 448 g/mol. The molecule has 0 fully saturated rings. The smallest absolute Gasteiger partial charge is 0.359 e. The first-order chi connectivity index (χ1) is 17.1. The number of carbonyl (C=O) groups excluding carboxylic acids is 2. The third kappa shape index (κ3) is 4.46. The fourth-order valence-electron chi connectivity index (χ4n) is 4.34. The maximum atomic E-state index is 13.2. The van der Waals surface area contributed by atoms with Gasteiger partial charge in [-0.1, -0.05) is 12.1 Å². The van der Waals surface area contributed by atoms with Crippen LogP contribution in [0.5, 0.6) is 5.75 Å². The Morgan fingerprint density at radius 2 is 1.97 bits per heavy atom. The van der Waals surface area contributed by atoms with E-state index in [1.54, 1.807) is 48.0 Å². The zero-order chi connectivity index (χ0) is 24.4. The SMILES string of the molecule is CCOC(=O)c1nn(CCc2ccc(OC)cc2)c2c1CN(C(=O)c1cc3ncccn3n1)CC2. The van der Waals surface area contributed by atoms with Crippen LogP contribution in [-0.2, 0) is 30.7 Å². The quantitative estimate of drug-likeness (QED) is 0.379. The molecule has 0 unspecified atom stereocenters. The molecule has 35 heavy (non-hydrogen) atoms. The monoisotopic (exact) mass is 474 g/mol. The number of carbonyl (C=O) groups is 2. The number of hydrogen-bond donors (Lipinski definition) is 0. The van der Waals surface area contributed by atoms with Crippen LogP contribution in [0, 0.1) is 0 Å². The van der Waals surface area contributed by atoms with Crippen LogP contribution in [0.15, 0.2) is 48.8 Å². The number of methoxy groups -OCH3 is 1. The van der Waals surface area contributed by atoms with E-state index in [9.17, 15) is 9.59 Å². The molecule has 1 amide bonds. The van der Waals surface area contributed by atoms with E-state index in [0.29, 0.717) is 30.9 Å². The molecule has 5 rings (SSSR count). The summed E-state index contributed by atoms with van der Waals surface area (Å²) >= 11 is 0. The van der Waals surface area contributed by atoms with Crippen molar-refractivity contribution < 1.29 is 19.1 Å². The Kier molecular flexibility index (Phi) is 6.17.